The molecule has 0 fully saturated rings. The number of rotatable bonds is 6. The number of alkyl halides is 2. The fourth-order valence-electron chi connectivity index (χ4n) is 1.87. The average Bonchev–Trinajstić information content (AvgIpc) is 2.90. The predicted molar refractivity (Wildman–Crippen MR) is 74.1 cm³/mol. The Labute approximate surface area is 126 Å². The van der Waals surface area contributed by atoms with Gasteiger partial charge in [-0.25, -0.2) is 13.6 Å². The number of amides is 2. The number of urea groups is 1. The van der Waals surface area contributed by atoms with E-state index in [1.807, 2.05) is 6.07 Å². The number of nitrogens with zero attached hydrogens (tertiary/aromatic N) is 3. The van der Waals surface area contributed by atoms with E-state index in [1.165, 1.54) is 0 Å². The molecule has 0 radical (unpaired) electrons. The summed E-state index contributed by atoms with van der Waals surface area (Å²) in [6.45, 7) is 1.09. The van der Waals surface area contributed by atoms with Gasteiger partial charge in [-0.2, -0.15) is 4.98 Å². The van der Waals surface area contributed by atoms with Gasteiger partial charge in [-0.15, -0.1) is 0 Å². The number of nitrogens with one attached hydrogen (secondary N) is 1. The van der Waals surface area contributed by atoms with Crippen LogP contribution in [0.3, 0.4) is 0 Å². The van der Waals surface area contributed by atoms with E-state index in [4.69, 9.17) is 4.52 Å². The molecule has 0 bridgehead atoms. The molecule has 6 nitrogen and oxygen atoms in total. The second-order valence-electron chi connectivity index (χ2n) is 4.65. The molecule has 0 saturated carbocycles. The van der Waals surface area contributed by atoms with E-state index < -0.39 is 19.0 Å². The zero-order valence-corrected chi connectivity index (χ0v) is 12.0. The third-order valence-corrected chi connectivity index (χ3v) is 2.83. The van der Waals surface area contributed by atoms with Crippen molar-refractivity contribution in [2.75, 3.05) is 6.54 Å². The van der Waals surface area contributed by atoms with Gasteiger partial charge in [0.15, 0.2) is 5.82 Å². The molecular formula is C14H16F2N4O2. The molecule has 0 unspecified atom stereocenters. The lowest BCUT2D eigenvalue weighted by atomic mass is 10.2. The first-order valence-electron chi connectivity index (χ1n) is 6.68. The summed E-state index contributed by atoms with van der Waals surface area (Å²) in [6.07, 6.45) is -2.61. The molecule has 0 aliphatic carbocycles. The Morgan fingerprint density at radius 3 is 2.68 bits per heavy atom. The monoisotopic (exact) mass is 310 g/mol. The average molecular weight is 310 g/mol. The van der Waals surface area contributed by atoms with E-state index in [1.54, 1.807) is 31.2 Å². The van der Waals surface area contributed by atoms with Gasteiger partial charge < -0.3 is 14.7 Å². The second kappa shape index (κ2) is 7.48. The number of benzene rings is 1. The number of aromatic nitrogens is 2. The Balaban J connectivity index is 1.96. The molecule has 0 saturated heterocycles. The molecule has 0 atom stereocenters. The normalized spacial score (nSPS) is 10.7. The van der Waals surface area contributed by atoms with Gasteiger partial charge in [-0.05, 0) is 5.56 Å². The van der Waals surface area contributed by atoms with Crippen LogP contribution in [-0.2, 0) is 13.1 Å². The maximum absolute atomic E-state index is 12.7. The molecule has 0 aliphatic heterocycles. The molecule has 1 aromatic heterocycles. The fourth-order valence-corrected chi connectivity index (χ4v) is 1.87. The van der Waals surface area contributed by atoms with Crippen LogP contribution in [-0.4, -0.2) is 34.0 Å². The van der Waals surface area contributed by atoms with Gasteiger partial charge in [0.05, 0.1) is 13.1 Å². The molecule has 22 heavy (non-hydrogen) atoms. The van der Waals surface area contributed by atoms with E-state index in [0.717, 1.165) is 10.5 Å². The largest absolute Gasteiger partial charge is 0.340 e. The van der Waals surface area contributed by atoms with Crippen LogP contribution in [0.15, 0.2) is 34.9 Å². The fraction of sp³-hybridized carbons (Fsp3) is 0.357. The lowest BCUT2D eigenvalue weighted by molar-refractivity contribution is 0.0955. The van der Waals surface area contributed by atoms with E-state index >= 15 is 0 Å². The lowest BCUT2D eigenvalue weighted by Gasteiger charge is -2.22. The minimum atomic E-state index is -2.61. The number of hydrogen-bond acceptors (Lipinski definition) is 4. The predicted octanol–water partition coefficient (Wildman–Crippen LogP) is 2.35. The number of aryl methyl sites for hydroxylation is 1. The lowest BCUT2D eigenvalue weighted by Crippen LogP contribution is -2.41. The van der Waals surface area contributed by atoms with Crippen LogP contribution in [0.1, 0.15) is 17.3 Å². The van der Waals surface area contributed by atoms with Crippen LogP contribution in [0.5, 0.6) is 0 Å². The first kappa shape index (κ1) is 15.9. The van der Waals surface area contributed by atoms with Crippen molar-refractivity contribution in [1.29, 1.82) is 0 Å². The minimum Gasteiger partial charge on any atom is -0.340 e. The SMILES string of the molecule is Cc1nc(CNC(=O)N(Cc2ccccc2)CC(F)F)no1. The van der Waals surface area contributed by atoms with E-state index in [-0.39, 0.29) is 13.1 Å². The smallest absolute Gasteiger partial charge is 0.318 e. The number of hydrogen-bond donors (Lipinski definition) is 1. The second-order valence-corrected chi connectivity index (χ2v) is 4.65. The molecule has 2 aromatic rings. The van der Waals surface area contributed by atoms with Gasteiger partial charge in [-0.1, -0.05) is 35.5 Å². The van der Waals surface area contributed by atoms with Gasteiger partial charge in [0.25, 0.3) is 6.43 Å². The van der Waals surface area contributed by atoms with Gasteiger partial charge in [0, 0.05) is 13.5 Å². The van der Waals surface area contributed by atoms with Crippen molar-refractivity contribution in [3.8, 4) is 0 Å². The van der Waals surface area contributed by atoms with E-state index in [0.29, 0.717) is 11.7 Å². The highest BCUT2D eigenvalue weighted by molar-refractivity contribution is 5.74. The Kier molecular flexibility index (Phi) is 5.40. The van der Waals surface area contributed by atoms with E-state index in [2.05, 4.69) is 15.5 Å². The summed E-state index contributed by atoms with van der Waals surface area (Å²) in [7, 11) is 0. The number of carbonyl (C=O) groups is 1. The summed E-state index contributed by atoms with van der Waals surface area (Å²) < 4.78 is 30.1. The maximum Gasteiger partial charge on any atom is 0.318 e. The standard InChI is InChI=1S/C14H16F2N4O2/c1-10-18-13(19-22-10)7-17-14(21)20(9-12(15)16)8-11-5-3-2-4-6-11/h2-6,12H,7-9H2,1H3,(H,17,21). The maximum atomic E-state index is 12.7. The van der Waals surface area contributed by atoms with E-state index in [9.17, 15) is 13.6 Å². The third kappa shape index (κ3) is 4.80. The quantitative estimate of drug-likeness (QED) is 0.889. The zero-order valence-electron chi connectivity index (χ0n) is 12.0. The molecule has 1 N–H and O–H groups in total. The Hall–Kier alpha value is -2.51. The molecule has 1 aromatic carbocycles. The molecule has 8 heteroatoms. The van der Waals surface area contributed by atoms with Crippen LogP contribution in [0, 0.1) is 6.92 Å². The van der Waals surface area contributed by atoms with Crippen LogP contribution in [0.25, 0.3) is 0 Å². The number of carbonyl (C=O) groups excluding carboxylic acids is 1. The zero-order chi connectivity index (χ0) is 15.9. The Morgan fingerprint density at radius 1 is 1.36 bits per heavy atom. The first-order valence-corrected chi connectivity index (χ1v) is 6.68. The Morgan fingerprint density at radius 2 is 2.09 bits per heavy atom. The molecule has 1 heterocycles. The highest BCUT2D eigenvalue weighted by atomic mass is 19.3. The summed E-state index contributed by atoms with van der Waals surface area (Å²) in [6, 6.07) is 8.33. The third-order valence-electron chi connectivity index (χ3n) is 2.83. The Bertz CT molecular complexity index is 604. The summed E-state index contributed by atoms with van der Waals surface area (Å²) in [5, 5.41) is 6.13. The summed E-state index contributed by atoms with van der Waals surface area (Å²) >= 11 is 0. The summed E-state index contributed by atoms with van der Waals surface area (Å²) in [5.74, 6) is 0.667. The van der Waals surface area contributed by atoms with Crippen molar-refractivity contribution in [2.24, 2.45) is 0 Å². The number of halogens is 2. The van der Waals surface area contributed by atoms with Gasteiger partial charge in [0.2, 0.25) is 5.89 Å². The molecule has 2 rings (SSSR count). The van der Waals surface area contributed by atoms with Gasteiger partial charge in [-0.3, -0.25) is 0 Å². The van der Waals surface area contributed by atoms with Crippen molar-refractivity contribution >= 4 is 6.03 Å². The van der Waals surface area contributed by atoms with Crippen LogP contribution < -0.4 is 5.32 Å². The van der Waals surface area contributed by atoms with Crippen molar-refractivity contribution in [2.45, 2.75) is 26.4 Å². The van der Waals surface area contributed by atoms with Crippen LogP contribution in [0.4, 0.5) is 13.6 Å². The topological polar surface area (TPSA) is 71.3 Å². The molecule has 0 aliphatic rings. The van der Waals surface area contributed by atoms with Crippen LogP contribution in [0.2, 0.25) is 0 Å². The van der Waals surface area contributed by atoms with Gasteiger partial charge >= 0.3 is 6.03 Å². The minimum absolute atomic E-state index is 0.0186. The van der Waals surface area contributed by atoms with Crippen LogP contribution >= 0.6 is 0 Å². The highest BCUT2D eigenvalue weighted by Crippen LogP contribution is 2.08. The van der Waals surface area contributed by atoms with Crippen molar-refractivity contribution in [3.63, 3.8) is 0 Å². The highest BCUT2D eigenvalue weighted by Gasteiger charge is 2.19. The molecular weight excluding hydrogens is 294 g/mol. The molecule has 0 spiro atoms. The molecule has 118 valence electrons. The first-order chi connectivity index (χ1) is 10.5. The molecule has 2 amide bonds. The van der Waals surface area contributed by atoms with Gasteiger partial charge in [0.1, 0.15) is 0 Å². The van der Waals surface area contributed by atoms with Crippen molar-refractivity contribution in [3.05, 3.63) is 47.6 Å². The summed E-state index contributed by atoms with van der Waals surface area (Å²) in [5.41, 5.74) is 0.772. The van der Waals surface area contributed by atoms with Crippen molar-refractivity contribution in [1.82, 2.24) is 20.4 Å². The van der Waals surface area contributed by atoms with Crippen molar-refractivity contribution < 1.29 is 18.1 Å². The summed E-state index contributed by atoms with van der Waals surface area (Å²) in [4.78, 5) is 17.0.